The molecule has 1 heterocycles. The van der Waals surface area contributed by atoms with E-state index in [0.29, 0.717) is 12.2 Å². The average Bonchev–Trinajstić information content (AvgIpc) is 2.95. The smallest absolute Gasteiger partial charge is 0.328 e. The van der Waals surface area contributed by atoms with Crippen LogP contribution in [0.4, 0.5) is 0 Å². The Bertz CT molecular complexity index is 646. The highest BCUT2D eigenvalue weighted by Crippen LogP contribution is 2.17. The van der Waals surface area contributed by atoms with E-state index in [1.54, 1.807) is 6.08 Å². The van der Waals surface area contributed by atoms with Gasteiger partial charge in [-0.05, 0) is 35.4 Å². The minimum Gasteiger partial charge on any atom is -0.480 e. The number of carbonyl (C=O) groups is 1. The van der Waals surface area contributed by atoms with E-state index < -0.39 is 12.0 Å². The number of hydrogen-bond donors (Lipinski definition) is 1. The van der Waals surface area contributed by atoms with Gasteiger partial charge in [0, 0.05) is 0 Å². The van der Waals surface area contributed by atoms with Gasteiger partial charge in [0.15, 0.2) is 11.9 Å². The number of aliphatic carboxylic acids is 1. The van der Waals surface area contributed by atoms with Crippen molar-refractivity contribution >= 4 is 18.1 Å². The van der Waals surface area contributed by atoms with Crippen LogP contribution in [-0.2, 0) is 4.79 Å². The second-order valence-corrected chi connectivity index (χ2v) is 5.22. The molecule has 0 spiro atoms. The summed E-state index contributed by atoms with van der Waals surface area (Å²) in [4.78, 5) is 11.4. The fourth-order valence-corrected chi connectivity index (χ4v) is 2.13. The fraction of sp³-hybridized carbons (Fsp3) is 0.375. The maximum atomic E-state index is 11.4. The van der Waals surface area contributed by atoms with Crippen LogP contribution >= 0.6 is 0 Å². The van der Waals surface area contributed by atoms with Crippen molar-refractivity contribution in [1.82, 2.24) is 20.2 Å². The number of aromatic nitrogens is 4. The molecule has 0 radical (unpaired) electrons. The molecule has 0 amide bonds. The van der Waals surface area contributed by atoms with Gasteiger partial charge >= 0.3 is 5.97 Å². The number of carboxylic acid groups (broad SMARTS) is 1. The van der Waals surface area contributed by atoms with E-state index in [4.69, 9.17) is 0 Å². The highest BCUT2D eigenvalue weighted by atomic mass is 16.4. The summed E-state index contributed by atoms with van der Waals surface area (Å²) in [6, 6.07) is 7.29. The first-order chi connectivity index (χ1) is 10.6. The number of unbranched alkanes of at least 4 members (excludes halogenated alkanes) is 1. The van der Waals surface area contributed by atoms with E-state index in [2.05, 4.69) is 15.5 Å². The Morgan fingerprint density at radius 1 is 1.32 bits per heavy atom. The summed E-state index contributed by atoms with van der Waals surface area (Å²) < 4.78 is 1.38. The van der Waals surface area contributed by atoms with E-state index in [1.807, 2.05) is 44.2 Å². The van der Waals surface area contributed by atoms with E-state index in [9.17, 15) is 9.90 Å². The van der Waals surface area contributed by atoms with E-state index >= 15 is 0 Å². The monoisotopic (exact) mass is 300 g/mol. The van der Waals surface area contributed by atoms with Crippen molar-refractivity contribution in [1.29, 1.82) is 0 Å². The van der Waals surface area contributed by atoms with Crippen LogP contribution in [-0.4, -0.2) is 31.3 Å². The molecule has 0 aliphatic rings. The van der Waals surface area contributed by atoms with Gasteiger partial charge in [0.2, 0.25) is 0 Å². The van der Waals surface area contributed by atoms with Crippen molar-refractivity contribution in [3.05, 3.63) is 41.2 Å². The predicted molar refractivity (Wildman–Crippen MR) is 84.1 cm³/mol. The third kappa shape index (κ3) is 4.00. The average molecular weight is 300 g/mol. The summed E-state index contributed by atoms with van der Waals surface area (Å²) in [6.45, 7) is 4.05. The summed E-state index contributed by atoms with van der Waals surface area (Å²) in [5, 5.41) is 20.7. The zero-order valence-electron chi connectivity index (χ0n) is 12.8. The first-order valence-electron chi connectivity index (χ1n) is 7.37. The Morgan fingerprint density at radius 2 is 2.05 bits per heavy atom. The third-order valence-electron chi connectivity index (χ3n) is 3.43. The molecule has 2 aromatic rings. The molecule has 1 aromatic heterocycles. The molecule has 116 valence electrons. The Kier molecular flexibility index (Phi) is 5.41. The zero-order valence-corrected chi connectivity index (χ0v) is 12.8. The van der Waals surface area contributed by atoms with Crippen molar-refractivity contribution in [3.8, 4) is 0 Å². The number of aryl methyl sites for hydroxylation is 1. The van der Waals surface area contributed by atoms with Gasteiger partial charge in [0.25, 0.3) is 0 Å². The summed E-state index contributed by atoms with van der Waals surface area (Å²) in [5.74, 6) is -0.463. The quantitative estimate of drug-likeness (QED) is 0.850. The SMILES string of the molecule is CCCCC(C(=O)O)n1nnnc1/C=C/c1ccc(C)cc1. The molecule has 0 saturated heterocycles. The van der Waals surface area contributed by atoms with Crippen molar-refractivity contribution < 1.29 is 9.90 Å². The van der Waals surface area contributed by atoms with Crippen molar-refractivity contribution in [2.24, 2.45) is 0 Å². The molecule has 0 saturated carbocycles. The lowest BCUT2D eigenvalue weighted by molar-refractivity contribution is -0.141. The summed E-state index contributed by atoms with van der Waals surface area (Å²) >= 11 is 0. The molecule has 2 rings (SSSR count). The number of carboxylic acids is 1. The van der Waals surface area contributed by atoms with Crippen LogP contribution < -0.4 is 0 Å². The second-order valence-electron chi connectivity index (χ2n) is 5.22. The van der Waals surface area contributed by atoms with Crippen LogP contribution in [0.5, 0.6) is 0 Å². The highest BCUT2D eigenvalue weighted by Gasteiger charge is 2.22. The second kappa shape index (κ2) is 7.49. The fourth-order valence-electron chi connectivity index (χ4n) is 2.13. The molecule has 6 heteroatoms. The van der Waals surface area contributed by atoms with Crippen LogP contribution in [0.1, 0.15) is 49.2 Å². The lowest BCUT2D eigenvalue weighted by Crippen LogP contribution is -2.21. The number of benzene rings is 1. The summed E-state index contributed by atoms with van der Waals surface area (Å²) in [5.41, 5.74) is 2.20. The highest BCUT2D eigenvalue weighted by molar-refractivity contribution is 5.73. The number of tetrazole rings is 1. The maximum absolute atomic E-state index is 11.4. The van der Waals surface area contributed by atoms with Gasteiger partial charge in [-0.25, -0.2) is 9.48 Å². The molecule has 22 heavy (non-hydrogen) atoms. The molecule has 0 fully saturated rings. The Labute approximate surface area is 129 Å². The maximum Gasteiger partial charge on any atom is 0.328 e. The molecule has 0 aliphatic carbocycles. The number of nitrogens with zero attached hydrogens (tertiary/aromatic N) is 4. The lowest BCUT2D eigenvalue weighted by Gasteiger charge is -2.12. The van der Waals surface area contributed by atoms with Crippen LogP contribution in [0.3, 0.4) is 0 Å². The Balaban J connectivity index is 2.20. The topological polar surface area (TPSA) is 80.9 Å². The molecule has 1 atom stereocenters. The Morgan fingerprint density at radius 3 is 2.68 bits per heavy atom. The molecule has 0 aliphatic heterocycles. The summed E-state index contributed by atoms with van der Waals surface area (Å²) in [6.07, 6.45) is 5.88. The summed E-state index contributed by atoms with van der Waals surface area (Å²) in [7, 11) is 0. The molecule has 0 bridgehead atoms. The van der Waals surface area contributed by atoms with E-state index in [-0.39, 0.29) is 0 Å². The van der Waals surface area contributed by atoms with Gasteiger partial charge in [-0.1, -0.05) is 55.7 Å². The molecule has 1 N–H and O–H groups in total. The standard InChI is InChI=1S/C16H20N4O2/c1-3-4-5-14(16(21)22)20-15(17-18-19-20)11-10-13-8-6-12(2)7-9-13/h6-11,14H,3-5H2,1-2H3,(H,21,22)/b11-10+. The third-order valence-corrected chi connectivity index (χ3v) is 3.43. The molecular weight excluding hydrogens is 280 g/mol. The van der Waals surface area contributed by atoms with Gasteiger partial charge in [-0.2, -0.15) is 0 Å². The van der Waals surface area contributed by atoms with Gasteiger partial charge < -0.3 is 5.11 Å². The first kappa shape index (κ1) is 15.9. The predicted octanol–water partition coefficient (Wildman–Crippen LogP) is 2.97. The van der Waals surface area contributed by atoms with Gasteiger partial charge in [0.1, 0.15) is 0 Å². The van der Waals surface area contributed by atoms with Gasteiger partial charge in [0.05, 0.1) is 0 Å². The van der Waals surface area contributed by atoms with Crippen molar-refractivity contribution in [3.63, 3.8) is 0 Å². The minimum atomic E-state index is -0.911. The molecule has 1 unspecified atom stereocenters. The largest absolute Gasteiger partial charge is 0.480 e. The number of hydrogen-bond acceptors (Lipinski definition) is 4. The van der Waals surface area contributed by atoms with Crippen molar-refractivity contribution in [2.75, 3.05) is 0 Å². The lowest BCUT2D eigenvalue weighted by atomic mass is 10.1. The first-order valence-corrected chi connectivity index (χ1v) is 7.37. The van der Waals surface area contributed by atoms with Gasteiger partial charge in [-0.15, -0.1) is 5.10 Å². The van der Waals surface area contributed by atoms with Crippen LogP contribution in [0.25, 0.3) is 12.2 Å². The van der Waals surface area contributed by atoms with Crippen LogP contribution in [0.2, 0.25) is 0 Å². The van der Waals surface area contributed by atoms with Gasteiger partial charge in [-0.3, -0.25) is 0 Å². The zero-order chi connectivity index (χ0) is 15.9. The molecule has 6 nitrogen and oxygen atoms in total. The van der Waals surface area contributed by atoms with E-state index in [1.165, 1.54) is 10.2 Å². The normalized spacial score (nSPS) is 12.6. The van der Waals surface area contributed by atoms with E-state index in [0.717, 1.165) is 18.4 Å². The molecular formula is C16H20N4O2. The minimum absolute atomic E-state index is 0.448. The number of rotatable bonds is 7. The molecule has 1 aromatic carbocycles. The van der Waals surface area contributed by atoms with Crippen LogP contribution in [0, 0.1) is 6.92 Å². The Hall–Kier alpha value is -2.50. The van der Waals surface area contributed by atoms with Crippen LogP contribution in [0.15, 0.2) is 24.3 Å². The van der Waals surface area contributed by atoms with Crippen molar-refractivity contribution in [2.45, 2.75) is 39.2 Å².